The van der Waals surface area contributed by atoms with Crippen LogP contribution < -0.4 is 10.6 Å². The van der Waals surface area contributed by atoms with Crippen LogP contribution in [-0.4, -0.2) is 48.3 Å². The minimum absolute atomic E-state index is 0.282. The molecule has 3 rings (SSSR count). The van der Waals surface area contributed by atoms with E-state index in [1.807, 2.05) is 30.3 Å². The maximum atomic E-state index is 12.3. The third kappa shape index (κ3) is 4.91. The van der Waals surface area contributed by atoms with E-state index in [4.69, 9.17) is 4.74 Å². The van der Waals surface area contributed by atoms with Gasteiger partial charge in [-0.3, -0.25) is 9.20 Å². The standard InChI is InChI=1S/C21H33N3O2S/c1-3-26-19-15-18(21(19)11-7-8-12-21)24-20(22-2)23-13-14-27(25)16-17-9-5-4-6-10-17/h4-6,9-10,18-19H,3,7-8,11-16H2,1-2H3,(H2,22,23,24). The summed E-state index contributed by atoms with van der Waals surface area (Å²) in [5, 5.41) is 6.95. The second-order valence-corrected chi connectivity index (χ2v) is 9.17. The van der Waals surface area contributed by atoms with Crippen molar-refractivity contribution in [3.8, 4) is 0 Å². The highest BCUT2D eigenvalue weighted by Crippen LogP contribution is 2.54. The Hall–Kier alpha value is -1.40. The Morgan fingerprint density at radius 2 is 2.04 bits per heavy atom. The quantitative estimate of drug-likeness (QED) is 0.528. The summed E-state index contributed by atoms with van der Waals surface area (Å²) < 4.78 is 18.3. The lowest BCUT2D eigenvalue weighted by Crippen LogP contribution is -2.65. The van der Waals surface area contributed by atoms with Crippen molar-refractivity contribution in [1.29, 1.82) is 0 Å². The normalized spacial score (nSPS) is 25.2. The maximum absolute atomic E-state index is 12.3. The monoisotopic (exact) mass is 391 g/mol. The second-order valence-electron chi connectivity index (χ2n) is 7.59. The Morgan fingerprint density at radius 1 is 1.30 bits per heavy atom. The molecule has 2 aliphatic carbocycles. The summed E-state index contributed by atoms with van der Waals surface area (Å²) in [6.07, 6.45) is 6.52. The molecule has 3 unspecified atom stereocenters. The molecule has 0 aliphatic heterocycles. The highest BCUT2D eigenvalue weighted by atomic mass is 32.2. The van der Waals surface area contributed by atoms with Crippen LogP contribution in [0, 0.1) is 5.41 Å². The molecule has 0 aromatic heterocycles. The van der Waals surface area contributed by atoms with Gasteiger partial charge in [0.15, 0.2) is 5.96 Å². The Bertz CT molecular complexity index is 644. The van der Waals surface area contributed by atoms with Crippen LogP contribution in [-0.2, 0) is 21.3 Å². The Labute approximate surface area is 165 Å². The van der Waals surface area contributed by atoms with Gasteiger partial charge in [-0.2, -0.15) is 0 Å². The van der Waals surface area contributed by atoms with Crippen LogP contribution in [0.2, 0.25) is 0 Å². The molecule has 2 aliphatic rings. The summed E-state index contributed by atoms with van der Waals surface area (Å²) in [6.45, 7) is 3.53. The first kappa shape index (κ1) is 20.3. The zero-order valence-corrected chi connectivity index (χ0v) is 17.4. The summed E-state index contributed by atoms with van der Waals surface area (Å²) in [6, 6.07) is 10.4. The van der Waals surface area contributed by atoms with Crippen molar-refractivity contribution < 1.29 is 8.95 Å². The molecule has 5 nitrogen and oxygen atoms in total. The average Bonchev–Trinajstić information content (AvgIpc) is 3.20. The van der Waals surface area contributed by atoms with Crippen LogP contribution in [0.4, 0.5) is 0 Å². The highest BCUT2D eigenvalue weighted by molar-refractivity contribution is 7.84. The molecule has 6 heteroatoms. The summed E-state index contributed by atoms with van der Waals surface area (Å²) >= 11 is 0. The Balaban J connectivity index is 1.44. The lowest BCUT2D eigenvalue weighted by atomic mass is 9.60. The third-order valence-electron chi connectivity index (χ3n) is 6.01. The Morgan fingerprint density at radius 3 is 2.70 bits per heavy atom. The zero-order chi connectivity index (χ0) is 19.1. The van der Waals surface area contributed by atoms with E-state index in [-0.39, 0.29) is 5.41 Å². The fraction of sp³-hybridized carbons (Fsp3) is 0.667. The van der Waals surface area contributed by atoms with Crippen molar-refractivity contribution in [1.82, 2.24) is 10.6 Å². The van der Waals surface area contributed by atoms with Gasteiger partial charge in [0.1, 0.15) is 0 Å². The lowest BCUT2D eigenvalue weighted by Gasteiger charge is -2.54. The van der Waals surface area contributed by atoms with Crippen LogP contribution in [0.25, 0.3) is 0 Å². The molecule has 1 spiro atoms. The first-order chi connectivity index (χ1) is 13.2. The van der Waals surface area contributed by atoms with E-state index in [1.165, 1.54) is 25.7 Å². The zero-order valence-electron chi connectivity index (χ0n) is 16.6. The lowest BCUT2D eigenvalue weighted by molar-refractivity contribution is -0.125. The van der Waals surface area contributed by atoms with Crippen molar-refractivity contribution in [3.63, 3.8) is 0 Å². The van der Waals surface area contributed by atoms with E-state index < -0.39 is 10.8 Å². The number of ether oxygens (including phenoxy) is 1. The smallest absolute Gasteiger partial charge is 0.191 e. The van der Waals surface area contributed by atoms with E-state index in [0.29, 0.717) is 30.2 Å². The number of aliphatic imine (C=N–C) groups is 1. The SMILES string of the molecule is CCOC1CC(NC(=NC)NCCS(=O)Cc2ccccc2)C12CCCC2. The predicted molar refractivity (Wildman–Crippen MR) is 112 cm³/mol. The molecule has 0 radical (unpaired) electrons. The van der Waals surface area contributed by atoms with Crippen LogP contribution in [0.1, 0.15) is 44.6 Å². The summed E-state index contributed by atoms with van der Waals surface area (Å²) in [4.78, 5) is 4.37. The van der Waals surface area contributed by atoms with E-state index >= 15 is 0 Å². The van der Waals surface area contributed by atoms with Gasteiger partial charge in [-0.1, -0.05) is 43.2 Å². The number of guanidine groups is 1. The molecule has 2 saturated carbocycles. The van der Waals surface area contributed by atoms with Gasteiger partial charge < -0.3 is 15.4 Å². The molecule has 27 heavy (non-hydrogen) atoms. The predicted octanol–water partition coefficient (Wildman–Crippen LogP) is 2.84. The number of nitrogens with one attached hydrogen (secondary N) is 2. The fourth-order valence-corrected chi connectivity index (χ4v) is 5.60. The number of nitrogens with zero attached hydrogens (tertiary/aromatic N) is 1. The van der Waals surface area contributed by atoms with E-state index in [1.54, 1.807) is 7.05 Å². The van der Waals surface area contributed by atoms with Crippen LogP contribution in [0.15, 0.2) is 35.3 Å². The Kier molecular flexibility index (Phi) is 7.30. The number of hydrogen-bond donors (Lipinski definition) is 2. The molecule has 150 valence electrons. The topological polar surface area (TPSA) is 62.7 Å². The number of benzene rings is 1. The first-order valence-electron chi connectivity index (χ1n) is 10.2. The molecule has 0 heterocycles. The van der Waals surface area contributed by atoms with Gasteiger partial charge in [0, 0.05) is 54.0 Å². The van der Waals surface area contributed by atoms with Gasteiger partial charge in [-0.25, -0.2) is 0 Å². The molecule has 1 aromatic carbocycles. The average molecular weight is 392 g/mol. The van der Waals surface area contributed by atoms with Gasteiger partial charge in [-0.15, -0.1) is 0 Å². The molecular formula is C21H33N3O2S. The van der Waals surface area contributed by atoms with Gasteiger partial charge in [0.05, 0.1) is 6.10 Å². The van der Waals surface area contributed by atoms with Crippen molar-refractivity contribution in [3.05, 3.63) is 35.9 Å². The molecule has 0 amide bonds. The number of hydrogen-bond acceptors (Lipinski definition) is 3. The molecular weight excluding hydrogens is 358 g/mol. The highest BCUT2D eigenvalue weighted by Gasteiger charge is 2.56. The molecule has 2 fully saturated rings. The van der Waals surface area contributed by atoms with Gasteiger partial charge in [-0.05, 0) is 31.7 Å². The fourth-order valence-electron chi connectivity index (χ4n) is 4.56. The van der Waals surface area contributed by atoms with Crippen LogP contribution >= 0.6 is 0 Å². The first-order valence-corrected chi connectivity index (χ1v) is 11.6. The molecule has 1 aromatic rings. The summed E-state index contributed by atoms with van der Waals surface area (Å²) in [7, 11) is 0.930. The van der Waals surface area contributed by atoms with Gasteiger partial charge in [0.2, 0.25) is 0 Å². The number of rotatable bonds is 8. The van der Waals surface area contributed by atoms with Gasteiger partial charge in [0.25, 0.3) is 0 Å². The van der Waals surface area contributed by atoms with Crippen LogP contribution in [0.3, 0.4) is 0 Å². The van der Waals surface area contributed by atoms with Gasteiger partial charge >= 0.3 is 0 Å². The third-order valence-corrected chi connectivity index (χ3v) is 7.33. The minimum atomic E-state index is -0.872. The van der Waals surface area contributed by atoms with Crippen molar-refractivity contribution in [2.75, 3.05) is 26.0 Å². The molecule has 3 atom stereocenters. The molecule has 2 N–H and O–H groups in total. The summed E-state index contributed by atoms with van der Waals surface area (Å²) in [5.74, 6) is 2.04. The van der Waals surface area contributed by atoms with E-state index in [2.05, 4.69) is 22.5 Å². The van der Waals surface area contributed by atoms with Crippen molar-refractivity contribution >= 4 is 16.8 Å². The minimum Gasteiger partial charge on any atom is -0.378 e. The molecule has 0 bridgehead atoms. The van der Waals surface area contributed by atoms with E-state index in [0.717, 1.165) is 24.6 Å². The van der Waals surface area contributed by atoms with Crippen LogP contribution in [0.5, 0.6) is 0 Å². The molecule has 0 saturated heterocycles. The van der Waals surface area contributed by atoms with Crippen molar-refractivity contribution in [2.45, 2.75) is 56.9 Å². The largest absolute Gasteiger partial charge is 0.378 e. The van der Waals surface area contributed by atoms with E-state index in [9.17, 15) is 4.21 Å². The summed E-state index contributed by atoms with van der Waals surface area (Å²) in [5.41, 5.74) is 1.40. The van der Waals surface area contributed by atoms with Crippen molar-refractivity contribution in [2.24, 2.45) is 10.4 Å². The maximum Gasteiger partial charge on any atom is 0.191 e. The second kappa shape index (κ2) is 9.69.